The molecule has 5 rings (SSSR count). The lowest BCUT2D eigenvalue weighted by atomic mass is 9.99. The highest BCUT2D eigenvalue weighted by Crippen LogP contribution is 2.24. The second kappa shape index (κ2) is 7.16. The van der Waals surface area contributed by atoms with Crippen LogP contribution in [0.3, 0.4) is 0 Å². The highest BCUT2D eigenvalue weighted by Gasteiger charge is 2.22. The highest BCUT2D eigenvalue weighted by molar-refractivity contribution is 5.97. The average molecular weight is 386 g/mol. The monoisotopic (exact) mass is 386 g/mol. The molecule has 0 unspecified atom stereocenters. The second-order valence-corrected chi connectivity index (χ2v) is 7.69. The molecular weight excluding hydrogens is 364 g/mol. The average Bonchev–Trinajstić information content (AvgIpc) is 3.43. The Morgan fingerprint density at radius 1 is 1.21 bits per heavy atom. The summed E-state index contributed by atoms with van der Waals surface area (Å²) in [5.41, 5.74) is 3.37. The van der Waals surface area contributed by atoms with Gasteiger partial charge in [-0.15, -0.1) is 0 Å². The minimum absolute atomic E-state index is 0.0744. The number of carbonyl (C=O) groups excluding carboxylic acids is 1. The summed E-state index contributed by atoms with van der Waals surface area (Å²) >= 11 is 0. The number of hydrogen-bond acceptors (Lipinski definition) is 4. The van der Waals surface area contributed by atoms with Gasteiger partial charge in [-0.3, -0.25) is 9.89 Å². The first-order chi connectivity index (χ1) is 14.2. The minimum Gasteiger partial charge on any atom is -0.338 e. The summed E-state index contributed by atoms with van der Waals surface area (Å²) < 4.78 is 2.02. The maximum atomic E-state index is 12.9. The summed E-state index contributed by atoms with van der Waals surface area (Å²) in [4.78, 5) is 23.7. The molecule has 146 valence electrons. The maximum absolute atomic E-state index is 12.9. The fourth-order valence-corrected chi connectivity index (χ4v) is 4.05. The number of nitrogens with zero attached hydrogens (tertiary/aromatic N) is 5. The second-order valence-electron chi connectivity index (χ2n) is 7.69. The molecule has 0 radical (unpaired) electrons. The third-order valence-electron chi connectivity index (χ3n) is 5.52. The van der Waals surface area contributed by atoms with Crippen molar-refractivity contribution in [2.75, 3.05) is 13.1 Å². The number of rotatable bonds is 3. The first-order valence-electron chi connectivity index (χ1n) is 9.92. The number of H-pyrrole nitrogens is 1. The number of fused-ring (bicyclic) bond motifs is 1. The van der Waals surface area contributed by atoms with Gasteiger partial charge in [0.15, 0.2) is 5.82 Å². The molecule has 7 nitrogen and oxygen atoms in total. The number of carbonyl (C=O) groups is 1. The molecule has 1 amide bonds. The van der Waals surface area contributed by atoms with Crippen molar-refractivity contribution >= 4 is 16.9 Å². The van der Waals surface area contributed by atoms with E-state index in [2.05, 4.69) is 27.1 Å². The van der Waals surface area contributed by atoms with Crippen molar-refractivity contribution in [1.29, 1.82) is 0 Å². The number of likely N-dealkylation sites (tertiary alicyclic amines) is 1. The van der Waals surface area contributed by atoms with Crippen molar-refractivity contribution in [3.8, 4) is 17.1 Å². The molecule has 4 aromatic rings. The predicted octanol–water partition coefficient (Wildman–Crippen LogP) is 3.68. The number of aromatic amines is 1. The number of amides is 1. The molecule has 1 aromatic carbocycles. The zero-order valence-electron chi connectivity index (χ0n) is 16.2. The van der Waals surface area contributed by atoms with Crippen LogP contribution in [-0.4, -0.2) is 48.6 Å². The van der Waals surface area contributed by atoms with E-state index in [1.807, 2.05) is 52.1 Å². The van der Waals surface area contributed by atoms with Crippen LogP contribution in [0.25, 0.3) is 28.1 Å². The summed E-state index contributed by atoms with van der Waals surface area (Å²) in [5, 5.41) is 7.84. The van der Waals surface area contributed by atoms with Gasteiger partial charge < -0.3 is 9.47 Å². The molecule has 1 atom stereocenters. The number of aromatic nitrogens is 5. The standard InChI is InChI=1S/C22H22N6O/c1-15-4-3-8-27(13-15)22(29)18-10-17-7-9-28(21(17)23-12-18)19-6-2-5-16(11-19)20-24-14-25-26-20/h2,5-7,9-12,14-15H,3-4,8,13H2,1H3,(H,24,25,26)/t15-/m0/s1. The molecular formula is C22H22N6O. The summed E-state index contributed by atoms with van der Waals surface area (Å²) in [6.45, 7) is 3.86. The van der Waals surface area contributed by atoms with E-state index in [4.69, 9.17) is 0 Å². The Morgan fingerprint density at radius 2 is 2.14 bits per heavy atom. The van der Waals surface area contributed by atoms with Gasteiger partial charge in [0, 0.05) is 42.1 Å². The van der Waals surface area contributed by atoms with Crippen molar-refractivity contribution in [2.24, 2.45) is 5.92 Å². The molecule has 1 saturated heterocycles. The van der Waals surface area contributed by atoms with E-state index in [1.54, 1.807) is 12.5 Å². The van der Waals surface area contributed by atoms with Gasteiger partial charge in [0.25, 0.3) is 5.91 Å². The summed E-state index contributed by atoms with van der Waals surface area (Å²) in [6, 6.07) is 11.9. The van der Waals surface area contributed by atoms with Gasteiger partial charge in [0.2, 0.25) is 0 Å². The van der Waals surface area contributed by atoms with Crippen molar-refractivity contribution < 1.29 is 4.79 Å². The Morgan fingerprint density at radius 3 is 2.97 bits per heavy atom. The van der Waals surface area contributed by atoms with Crippen LogP contribution in [0.4, 0.5) is 0 Å². The SMILES string of the molecule is C[C@H]1CCCN(C(=O)c2cnc3c(ccn3-c3cccc(-c4nc[nH]n4)c3)c2)C1. The molecule has 1 aliphatic heterocycles. The van der Waals surface area contributed by atoms with Crippen molar-refractivity contribution in [3.05, 3.63) is 60.7 Å². The van der Waals surface area contributed by atoms with Crippen LogP contribution >= 0.6 is 0 Å². The van der Waals surface area contributed by atoms with Crippen LogP contribution in [0.15, 0.2) is 55.1 Å². The lowest BCUT2D eigenvalue weighted by molar-refractivity contribution is 0.0683. The molecule has 1 N–H and O–H groups in total. The van der Waals surface area contributed by atoms with Gasteiger partial charge in [-0.2, -0.15) is 5.10 Å². The first-order valence-corrected chi connectivity index (χ1v) is 9.92. The fraction of sp³-hybridized carbons (Fsp3) is 0.273. The van der Waals surface area contributed by atoms with E-state index in [0.29, 0.717) is 17.3 Å². The van der Waals surface area contributed by atoms with Crippen molar-refractivity contribution in [1.82, 2.24) is 29.6 Å². The van der Waals surface area contributed by atoms with Crippen molar-refractivity contribution in [2.45, 2.75) is 19.8 Å². The highest BCUT2D eigenvalue weighted by atomic mass is 16.2. The first kappa shape index (κ1) is 17.6. The van der Waals surface area contributed by atoms with Gasteiger partial charge in [-0.05, 0) is 43.0 Å². The van der Waals surface area contributed by atoms with Gasteiger partial charge in [-0.25, -0.2) is 9.97 Å². The molecule has 4 heterocycles. The summed E-state index contributed by atoms with van der Waals surface area (Å²) in [6.07, 6.45) is 7.50. The number of hydrogen-bond donors (Lipinski definition) is 1. The van der Waals surface area contributed by atoms with Gasteiger partial charge in [-0.1, -0.05) is 19.1 Å². The molecule has 7 heteroatoms. The molecule has 3 aromatic heterocycles. The third kappa shape index (κ3) is 3.29. The zero-order valence-corrected chi connectivity index (χ0v) is 16.2. The van der Waals surface area contributed by atoms with Crippen molar-refractivity contribution in [3.63, 3.8) is 0 Å². The largest absolute Gasteiger partial charge is 0.338 e. The predicted molar refractivity (Wildman–Crippen MR) is 111 cm³/mol. The van der Waals surface area contributed by atoms with E-state index in [-0.39, 0.29) is 5.91 Å². The smallest absolute Gasteiger partial charge is 0.255 e. The van der Waals surface area contributed by atoms with Crippen LogP contribution in [-0.2, 0) is 0 Å². The van der Waals surface area contributed by atoms with Crippen LogP contribution in [0.2, 0.25) is 0 Å². The van der Waals surface area contributed by atoms with Crippen LogP contribution in [0, 0.1) is 5.92 Å². The Kier molecular flexibility index (Phi) is 4.35. The number of benzene rings is 1. The molecule has 0 bridgehead atoms. The van der Waals surface area contributed by atoms with Crippen LogP contribution in [0.1, 0.15) is 30.1 Å². The van der Waals surface area contributed by atoms with E-state index in [1.165, 1.54) is 6.42 Å². The number of nitrogens with one attached hydrogen (secondary N) is 1. The minimum atomic E-state index is 0.0744. The molecule has 1 fully saturated rings. The molecule has 0 spiro atoms. The number of pyridine rings is 1. The van der Waals surface area contributed by atoms with Crippen LogP contribution in [0.5, 0.6) is 0 Å². The van der Waals surface area contributed by atoms with Gasteiger partial charge in [0.1, 0.15) is 12.0 Å². The summed E-state index contributed by atoms with van der Waals surface area (Å²) in [7, 11) is 0. The van der Waals surface area contributed by atoms with E-state index in [9.17, 15) is 4.79 Å². The van der Waals surface area contributed by atoms with Crippen LogP contribution < -0.4 is 0 Å². The lowest BCUT2D eigenvalue weighted by Gasteiger charge is -2.30. The molecule has 1 aliphatic rings. The van der Waals surface area contributed by atoms with E-state index >= 15 is 0 Å². The third-order valence-corrected chi connectivity index (χ3v) is 5.52. The Balaban J connectivity index is 1.47. The quantitative estimate of drug-likeness (QED) is 0.582. The van der Waals surface area contributed by atoms with Gasteiger partial charge in [0.05, 0.1) is 5.56 Å². The molecule has 29 heavy (non-hydrogen) atoms. The van der Waals surface area contributed by atoms with E-state index in [0.717, 1.165) is 41.8 Å². The number of piperidine rings is 1. The lowest BCUT2D eigenvalue weighted by Crippen LogP contribution is -2.39. The topological polar surface area (TPSA) is 79.7 Å². The summed E-state index contributed by atoms with van der Waals surface area (Å²) in [5.74, 6) is 1.28. The Labute approximate surface area is 168 Å². The fourth-order valence-electron chi connectivity index (χ4n) is 4.05. The Bertz CT molecular complexity index is 1160. The van der Waals surface area contributed by atoms with Gasteiger partial charge >= 0.3 is 0 Å². The normalized spacial score (nSPS) is 17.0. The molecule has 0 saturated carbocycles. The Hall–Kier alpha value is -3.48. The van der Waals surface area contributed by atoms with E-state index < -0.39 is 0 Å². The zero-order chi connectivity index (χ0) is 19.8. The maximum Gasteiger partial charge on any atom is 0.255 e. The molecule has 0 aliphatic carbocycles.